The topological polar surface area (TPSA) is 84.9 Å². The first-order valence-corrected chi connectivity index (χ1v) is 8.84. The van der Waals surface area contributed by atoms with E-state index in [-0.39, 0.29) is 12.5 Å². The van der Waals surface area contributed by atoms with Gasteiger partial charge in [0.15, 0.2) is 12.7 Å². The fourth-order valence-electron chi connectivity index (χ4n) is 2.25. The average molecular weight is 384 g/mol. The Kier molecular flexibility index (Phi) is 7.56. The van der Waals surface area contributed by atoms with Gasteiger partial charge >= 0.3 is 5.97 Å². The molecule has 0 aliphatic rings. The molecular weight excluding hydrogens is 360 g/mol. The smallest absolute Gasteiger partial charge is 0.347 e. The fourth-order valence-corrected chi connectivity index (χ4v) is 2.25. The summed E-state index contributed by atoms with van der Waals surface area (Å²) in [5.74, 6) is -0.955. The van der Waals surface area contributed by atoms with Crippen LogP contribution < -0.4 is 10.1 Å². The van der Waals surface area contributed by atoms with E-state index in [9.17, 15) is 14.4 Å². The summed E-state index contributed by atoms with van der Waals surface area (Å²) in [4.78, 5) is 37.3. The summed E-state index contributed by atoms with van der Waals surface area (Å²) in [5.41, 5.74) is 1.73. The van der Waals surface area contributed by atoms with Crippen LogP contribution >= 0.6 is 0 Å². The molecule has 7 heteroatoms. The highest BCUT2D eigenvalue weighted by Crippen LogP contribution is 2.11. The lowest BCUT2D eigenvalue weighted by Gasteiger charge is -2.18. The normalized spacial score (nSPS) is 11.2. The summed E-state index contributed by atoms with van der Waals surface area (Å²) in [6, 6.07) is 16.2. The zero-order valence-electron chi connectivity index (χ0n) is 16.2. The van der Waals surface area contributed by atoms with Crippen molar-refractivity contribution < 1.29 is 23.9 Å². The molecule has 2 rings (SSSR count). The Bertz CT molecular complexity index is 805. The molecule has 1 N–H and O–H groups in total. The van der Waals surface area contributed by atoms with Crippen LogP contribution in [-0.2, 0) is 19.1 Å². The molecule has 2 amide bonds. The van der Waals surface area contributed by atoms with Crippen LogP contribution in [0.15, 0.2) is 54.6 Å². The van der Waals surface area contributed by atoms with E-state index >= 15 is 0 Å². The molecule has 2 aromatic carbocycles. The van der Waals surface area contributed by atoms with Gasteiger partial charge in [0.2, 0.25) is 5.91 Å². The first-order chi connectivity index (χ1) is 13.3. The molecule has 0 radical (unpaired) electrons. The molecule has 0 spiro atoms. The molecule has 0 heterocycles. The maximum absolute atomic E-state index is 12.1. The Morgan fingerprint density at radius 1 is 1.04 bits per heavy atom. The molecule has 1 atom stereocenters. The zero-order chi connectivity index (χ0) is 20.5. The van der Waals surface area contributed by atoms with Gasteiger partial charge in [-0.15, -0.1) is 0 Å². The van der Waals surface area contributed by atoms with E-state index in [1.54, 1.807) is 43.3 Å². The van der Waals surface area contributed by atoms with Crippen molar-refractivity contribution in [3.8, 4) is 5.75 Å². The number of nitrogens with one attached hydrogen (secondary N) is 1. The van der Waals surface area contributed by atoms with E-state index in [0.29, 0.717) is 11.4 Å². The molecule has 0 aliphatic carbocycles. The van der Waals surface area contributed by atoms with Crippen LogP contribution in [0.2, 0.25) is 0 Å². The number of para-hydroxylation sites is 1. The molecule has 0 aliphatic heterocycles. The minimum Gasteiger partial charge on any atom is -0.479 e. The van der Waals surface area contributed by atoms with Crippen molar-refractivity contribution in [2.24, 2.45) is 0 Å². The van der Waals surface area contributed by atoms with E-state index in [2.05, 4.69) is 5.32 Å². The van der Waals surface area contributed by atoms with Crippen molar-refractivity contribution in [3.05, 3.63) is 60.2 Å². The van der Waals surface area contributed by atoms with Crippen LogP contribution in [0.3, 0.4) is 0 Å². The van der Waals surface area contributed by atoms with Crippen LogP contribution in [0, 0.1) is 6.92 Å². The quantitative estimate of drug-likeness (QED) is 0.707. The van der Waals surface area contributed by atoms with Gasteiger partial charge in [-0.1, -0.05) is 35.9 Å². The fraction of sp³-hybridized carbons (Fsp3) is 0.286. The lowest BCUT2D eigenvalue weighted by molar-refractivity contribution is -0.157. The summed E-state index contributed by atoms with van der Waals surface area (Å²) >= 11 is 0. The highest BCUT2D eigenvalue weighted by molar-refractivity contribution is 5.94. The van der Waals surface area contributed by atoms with E-state index in [1.165, 1.54) is 11.9 Å². The summed E-state index contributed by atoms with van der Waals surface area (Å²) in [6.45, 7) is 2.87. The van der Waals surface area contributed by atoms with Crippen molar-refractivity contribution in [3.63, 3.8) is 0 Å². The van der Waals surface area contributed by atoms with Crippen molar-refractivity contribution >= 4 is 23.5 Å². The summed E-state index contributed by atoms with van der Waals surface area (Å²) in [7, 11) is 1.47. The molecule has 1 unspecified atom stereocenters. The lowest BCUT2D eigenvalue weighted by Crippen LogP contribution is -2.38. The number of anilines is 1. The molecule has 148 valence electrons. The highest BCUT2D eigenvalue weighted by Gasteiger charge is 2.20. The predicted octanol–water partition coefficient (Wildman–Crippen LogP) is 2.40. The number of esters is 1. The van der Waals surface area contributed by atoms with Gasteiger partial charge in [-0.3, -0.25) is 9.59 Å². The second-order valence-corrected chi connectivity index (χ2v) is 6.34. The molecular formula is C21H24N2O5. The van der Waals surface area contributed by atoms with Gasteiger partial charge in [0, 0.05) is 12.7 Å². The Morgan fingerprint density at radius 3 is 2.32 bits per heavy atom. The first kappa shape index (κ1) is 21.0. The second kappa shape index (κ2) is 10.1. The minimum atomic E-state index is -0.856. The molecule has 0 saturated heterocycles. The number of amides is 2. The van der Waals surface area contributed by atoms with Crippen molar-refractivity contribution in [1.82, 2.24) is 4.90 Å². The van der Waals surface area contributed by atoms with Gasteiger partial charge in [0.05, 0.1) is 6.54 Å². The lowest BCUT2D eigenvalue weighted by atomic mass is 10.2. The number of carbonyl (C=O) groups excluding carboxylic acids is 3. The summed E-state index contributed by atoms with van der Waals surface area (Å²) < 4.78 is 10.4. The molecule has 0 fully saturated rings. The van der Waals surface area contributed by atoms with Crippen LogP contribution in [-0.4, -0.2) is 49.0 Å². The zero-order valence-corrected chi connectivity index (χ0v) is 16.2. The Balaban J connectivity index is 1.74. The number of carbonyl (C=O) groups is 3. The SMILES string of the molecule is Cc1ccc(NC(=O)CN(C)C(=O)COC(=O)C(C)Oc2ccccc2)cc1. The minimum absolute atomic E-state index is 0.152. The third kappa shape index (κ3) is 6.75. The number of nitrogens with zero attached hydrogens (tertiary/aromatic N) is 1. The third-order valence-corrected chi connectivity index (χ3v) is 3.87. The van der Waals surface area contributed by atoms with Gasteiger partial charge in [-0.25, -0.2) is 4.79 Å². The molecule has 0 aromatic heterocycles. The number of rotatable bonds is 8. The highest BCUT2D eigenvalue weighted by atomic mass is 16.6. The molecule has 2 aromatic rings. The van der Waals surface area contributed by atoms with Crippen LogP contribution in [0.4, 0.5) is 5.69 Å². The Hall–Kier alpha value is -3.35. The van der Waals surface area contributed by atoms with Crippen molar-refractivity contribution in [2.75, 3.05) is 25.5 Å². The third-order valence-electron chi connectivity index (χ3n) is 3.87. The van der Waals surface area contributed by atoms with Crippen molar-refractivity contribution in [1.29, 1.82) is 0 Å². The number of hydrogen-bond acceptors (Lipinski definition) is 5. The number of aryl methyl sites for hydroxylation is 1. The molecule has 28 heavy (non-hydrogen) atoms. The molecule has 0 bridgehead atoms. The van der Waals surface area contributed by atoms with Gasteiger partial charge in [0.25, 0.3) is 5.91 Å². The molecule has 7 nitrogen and oxygen atoms in total. The van der Waals surface area contributed by atoms with Crippen LogP contribution in [0.1, 0.15) is 12.5 Å². The van der Waals surface area contributed by atoms with Crippen LogP contribution in [0.25, 0.3) is 0 Å². The van der Waals surface area contributed by atoms with Gasteiger partial charge in [0.1, 0.15) is 5.75 Å². The number of ether oxygens (including phenoxy) is 2. The molecule has 0 saturated carbocycles. The van der Waals surface area contributed by atoms with Crippen molar-refractivity contribution in [2.45, 2.75) is 20.0 Å². The number of likely N-dealkylation sites (N-methyl/N-ethyl adjacent to an activating group) is 1. The Labute approximate surface area is 164 Å². The summed E-state index contributed by atoms with van der Waals surface area (Å²) in [6.07, 6.45) is -0.856. The maximum atomic E-state index is 12.1. The van der Waals surface area contributed by atoms with Gasteiger partial charge in [-0.05, 0) is 38.1 Å². The Morgan fingerprint density at radius 2 is 1.68 bits per heavy atom. The standard InChI is InChI=1S/C21H24N2O5/c1-15-9-11-17(12-10-15)22-19(24)13-23(3)20(25)14-27-21(26)16(2)28-18-7-5-4-6-8-18/h4-12,16H,13-14H2,1-3H3,(H,22,24). The van der Waals surface area contributed by atoms with Crippen LogP contribution in [0.5, 0.6) is 5.75 Å². The number of benzene rings is 2. The first-order valence-electron chi connectivity index (χ1n) is 8.84. The summed E-state index contributed by atoms with van der Waals surface area (Å²) in [5, 5.41) is 2.70. The number of hydrogen-bond donors (Lipinski definition) is 1. The largest absolute Gasteiger partial charge is 0.479 e. The van der Waals surface area contributed by atoms with E-state index < -0.39 is 24.6 Å². The van der Waals surface area contributed by atoms with E-state index in [1.807, 2.05) is 25.1 Å². The van der Waals surface area contributed by atoms with Gasteiger partial charge < -0.3 is 19.7 Å². The maximum Gasteiger partial charge on any atom is 0.347 e. The average Bonchev–Trinajstić information content (AvgIpc) is 2.68. The van der Waals surface area contributed by atoms with Gasteiger partial charge in [-0.2, -0.15) is 0 Å². The predicted molar refractivity (Wildman–Crippen MR) is 105 cm³/mol. The monoisotopic (exact) mass is 384 g/mol. The second-order valence-electron chi connectivity index (χ2n) is 6.34. The van der Waals surface area contributed by atoms with E-state index in [0.717, 1.165) is 5.56 Å². The van der Waals surface area contributed by atoms with E-state index in [4.69, 9.17) is 9.47 Å².